The van der Waals surface area contributed by atoms with Crippen molar-refractivity contribution in [2.75, 3.05) is 18.4 Å². The molecular weight excluding hydrogens is 351 g/mol. The normalized spacial score (nSPS) is 21.3. The van der Waals surface area contributed by atoms with Crippen molar-refractivity contribution in [3.05, 3.63) is 18.3 Å². The largest absolute Gasteiger partial charge is 0.573 e. The van der Waals surface area contributed by atoms with Gasteiger partial charge in [-0.15, -0.1) is 13.2 Å². The Hall–Kier alpha value is -2.19. The molecule has 1 aromatic heterocycles. The Labute approximate surface area is 150 Å². The van der Waals surface area contributed by atoms with E-state index in [0.29, 0.717) is 25.3 Å². The number of aromatic nitrogens is 1. The predicted molar refractivity (Wildman–Crippen MR) is 89.9 cm³/mol. The van der Waals surface area contributed by atoms with Crippen LogP contribution in [0.2, 0.25) is 0 Å². The Kier molecular flexibility index (Phi) is 5.87. The molecule has 26 heavy (non-hydrogen) atoms. The van der Waals surface area contributed by atoms with E-state index in [0.717, 1.165) is 6.20 Å². The van der Waals surface area contributed by atoms with Crippen LogP contribution in [0.15, 0.2) is 18.3 Å². The monoisotopic (exact) mass is 375 g/mol. The summed E-state index contributed by atoms with van der Waals surface area (Å²) >= 11 is 0. The quantitative estimate of drug-likeness (QED) is 0.864. The van der Waals surface area contributed by atoms with E-state index in [1.54, 1.807) is 4.90 Å². The van der Waals surface area contributed by atoms with Gasteiger partial charge in [-0.1, -0.05) is 6.92 Å². The lowest BCUT2D eigenvalue weighted by atomic mass is 9.94. The number of hydrogen-bond acceptors (Lipinski definition) is 5. The van der Waals surface area contributed by atoms with Crippen LogP contribution in [0.25, 0.3) is 0 Å². The molecule has 1 saturated heterocycles. The maximum absolute atomic E-state index is 12.2. The molecule has 0 unspecified atom stereocenters. The first-order valence-electron chi connectivity index (χ1n) is 8.39. The summed E-state index contributed by atoms with van der Waals surface area (Å²) in [5.74, 6) is 0.224. The number of piperidine rings is 1. The first-order chi connectivity index (χ1) is 11.9. The number of carbonyl (C=O) groups excluding carboxylic acids is 1. The molecule has 1 amide bonds. The molecular formula is C17H24F3N3O3. The van der Waals surface area contributed by atoms with E-state index in [2.05, 4.69) is 15.0 Å². The van der Waals surface area contributed by atoms with Crippen molar-refractivity contribution in [1.29, 1.82) is 0 Å². The van der Waals surface area contributed by atoms with Crippen LogP contribution in [0.3, 0.4) is 0 Å². The van der Waals surface area contributed by atoms with E-state index < -0.39 is 12.0 Å². The number of amides is 1. The Morgan fingerprint density at radius 1 is 1.31 bits per heavy atom. The number of pyridine rings is 1. The third-order valence-corrected chi connectivity index (χ3v) is 3.86. The van der Waals surface area contributed by atoms with Crippen LogP contribution >= 0.6 is 0 Å². The molecule has 2 heterocycles. The summed E-state index contributed by atoms with van der Waals surface area (Å²) in [6.45, 7) is 8.52. The second-order valence-electron chi connectivity index (χ2n) is 7.37. The molecule has 0 aliphatic carbocycles. The van der Waals surface area contributed by atoms with Gasteiger partial charge >= 0.3 is 12.5 Å². The molecule has 6 nitrogen and oxygen atoms in total. The molecule has 1 aliphatic heterocycles. The van der Waals surface area contributed by atoms with Crippen molar-refractivity contribution in [2.45, 2.75) is 52.1 Å². The predicted octanol–water partition coefficient (Wildman–Crippen LogP) is 4.04. The van der Waals surface area contributed by atoms with E-state index in [4.69, 9.17) is 4.74 Å². The van der Waals surface area contributed by atoms with E-state index in [9.17, 15) is 18.0 Å². The Bertz CT molecular complexity index is 614. The smallest absolute Gasteiger partial charge is 0.444 e. The number of ether oxygens (including phenoxy) is 2. The fraction of sp³-hybridized carbons (Fsp3) is 0.647. The van der Waals surface area contributed by atoms with Crippen LogP contribution < -0.4 is 10.1 Å². The van der Waals surface area contributed by atoms with Crippen LogP contribution in [0.4, 0.5) is 23.8 Å². The van der Waals surface area contributed by atoms with Crippen molar-refractivity contribution in [1.82, 2.24) is 9.88 Å². The van der Waals surface area contributed by atoms with E-state index >= 15 is 0 Å². The molecule has 1 aromatic rings. The van der Waals surface area contributed by atoms with Gasteiger partial charge < -0.3 is 19.7 Å². The van der Waals surface area contributed by atoms with Gasteiger partial charge in [0.1, 0.15) is 17.2 Å². The Balaban J connectivity index is 1.89. The van der Waals surface area contributed by atoms with Crippen molar-refractivity contribution in [3.63, 3.8) is 0 Å². The topological polar surface area (TPSA) is 63.7 Å². The van der Waals surface area contributed by atoms with Crippen LogP contribution in [0.1, 0.15) is 34.1 Å². The lowest BCUT2D eigenvalue weighted by molar-refractivity contribution is -0.274. The van der Waals surface area contributed by atoms with Crippen molar-refractivity contribution >= 4 is 11.9 Å². The second-order valence-corrected chi connectivity index (χ2v) is 7.37. The van der Waals surface area contributed by atoms with Gasteiger partial charge in [0.15, 0.2) is 0 Å². The summed E-state index contributed by atoms with van der Waals surface area (Å²) in [4.78, 5) is 17.8. The van der Waals surface area contributed by atoms with Crippen LogP contribution in [0.5, 0.6) is 5.75 Å². The van der Waals surface area contributed by atoms with Crippen LogP contribution in [-0.2, 0) is 4.74 Å². The molecule has 146 valence electrons. The van der Waals surface area contributed by atoms with Gasteiger partial charge in [0.05, 0.1) is 6.20 Å². The van der Waals surface area contributed by atoms with Gasteiger partial charge in [0.2, 0.25) is 0 Å². The Morgan fingerprint density at radius 2 is 2.00 bits per heavy atom. The minimum Gasteiger partial charge on any atom is -0.444 e. The fourth-order valence-corrected chi connectivity index (χ4v) is 2.70. The van der Waals surface area contributed by atoms with Gasteiger partial charge in [-0.2, -0.15) is 0 Å². The number of alkyl halides is 3. The standard InChI is InChI=1S/C17H24F3N3O3/c1-11-10-23(15(24)26-16(2,3)4)8-7-13(11)22-14-6-5-12(9-21-14)25-17(18,19)20/h5-6,9,11,13H,7-8,10H2,1-4H3,(H,21,22)/t11-,13-/m1/s1. The summed E-state index contributed by atoms with van der Waals surface area (Å²) in [6.07, 6.45) is -3.37. The number of carbonyl (C=O) groups is 1. The zero-order valence-electron chi connectivity index (χ0n) is 15.3. The molecule has 0 spiro atoms. The highest BCUT2D eigenvalue weighted by Gasteiger charge is 2.32. The lowest BCUT2D eigenvalue weighted by Crippen LogP contribution is -2.49. The number of rotatable bonds is 3. The molecule has 1 aliphatic rings. The highest BCUT2D eigenvalue weighted by molar-refractivity contribution is 5.68. The van der Waals surface area contributed by atoms with Crippen LogP contribution in [-0.4, -0.2) is 47.1 Å². The Morgan fingerprint density at radius 3 is 2.50 bits per heavy atom. The first kappa shape index (κ1) is 20.1. The molecule has 0 aromatic carbocycles. The summed E-state index contributed by atoms with van der Waals surface area (Å²) < 4.78 is 45.7. The molecule has 2 rings (SSSR count). The second kappa shape index (κ2) is 7.59. The minimum atomic E-state index is -4.74. The number of anilines is 1. The molecule has 1 fully saturated rings. The van der Waals surface area contributed by atoms with E-state index in [1.165, 1.54) is 12.1 Å². The molecule has 0 bridgehead atoms. The summed E-state index contributed by atoms with van der Waals surface area (Å²) in [6, 6.07) is 2.70. The van der Waals surface area contributed by atoms with Crippen molar-refractivity contribution < 1.29 is 27.4 Å². The number of hydrogen-bond donors (Lipinski definition) is 1. The number of halogens is 3. The SMILES string of the molecule is C[C@@H]1CN(C(=O)OC(C)(C)C)CC[C@H]1Nc1ccc(OC(F)(F)F)cn1. The highest BCUT2D eigenvalue weighted by atomic mass is 19.4. The molecule has 9 heteroatoms. The average Bonchev–Trinajstić information content (AvgIpc) is 2.48. The molecule has 0 saturated carbocycles. The molecule has 0 radical (unpaired) electrons. The van der Waals surface area contributed by atoms with Gasteiger partial charge in [0, 0.05) is 19.1 Å². The zero-order chi connectivity index (χ0) is 19.5. The van der Waals surface area contributed by atoms with Gasteiger partial charge in [-0.25, -0.2) is 9.78 Å². The van der Waals surface area contributed by atoms with E-state index in [-0.39, 0.29) is 23.8 Å². The van der Waals surface area contributed by atoms with E-state index in [1.807, 2.05) is 27.7 Å². The summed E-state index contributed by atoms with van der Waals surface area (Å²) in [5, 5.41) is 3.20. The van der Waals surface area contributed by atoms with Crippen LogP contribution in [0, 0.1) is 5.92 Å². The number of nitrogens with one attached hydrogen (secondary N) is 1. The third-order valence-electron chi connectivity index (χ3n) is 3.86. The summed E-state index contributed by atoms with van der Waals surface area (Å²) in [5.41, 5.74) is -0.542. The number of likely N-dealkylation sites (tertiary alicyclic amines) is 1. The minimum absolute atomic E-state index is 0.0515. The van der Waals surface area contributed by atoms with Crippen molar-refractivity contribution in [3.8, 4) is 5.75 Å². The lowest BCUT2D eigenvalue weighted by Gasteiger charge is -2.38. The third kappa shape index (κ3) is 6.27. The first-order valence-corrected chi connectivity index (χ1v) is 8.39. The number of nitrogens with zero attached hydrogens (tertiary/aromatic N) is 2. The van der Waals surface area contributed by atoms with Gasteiger partial charge in [0.25, 0.3) is 0 Å². The van der Waals surface area contributed by atoms with Gasteiger partial charge in [-0.05, 0) is 45.2 Å². The molecule has 1 N–H and O–H groups in total. The maximum atomic E-state index is 12.2. The molecule has 2 atom stereocenters. The highest BCUT2D eigenvalue weighted by Crippen LogP contribution is 2.25. The van der Waals surface area contributed by atoms with Gasteiger partial charge in [-0.3, -0.25) is 0 Å². The fourth-order valence-electron chi connectivity index (χ4n) is 2.70. The van der Waals surface area contributed by atoms with Crippen molar-refractivity contribution in [2.24, 2.45) is 5.92 Å². The zero-order valence-corrected chi connectivity index (χ0v) is 15.3. The maximum Gasteiger partial charge on any atom is 0.573 e. The summed E-state index contributed by atoms with van der Waals surface area (Å²) in [7, 11) is 0. The average molecular weight is 375 g/mol.